The average Bonchev–Trinajstić information content (AvgIpc) is 3.00. The summed E-state index contributed by atoms with van der Waals surface area (Å²) in [6.07, 6.45) is 1.55. The zero-order valence-electron chi connectivity index (χ0n) is 21.5. The van der Waals surface area contributed by atoms with Gasteiger partial charge < -0.3 is 19.9 Å². The van der Waals surface area contributed by atoms with Gasteiger partial charge in [-0.1, -0.05) is 72.8 Å². The number of para-hydroxylation sites is 2. The van der Waals surface area contributed by atoms with Crippen LogP contribution in [-0.2, 0) is 9.53 Å². The third-order valence-corrected chi connectivity index (χ3v) is 7.18. The van der Waals surface area contributed by atoms with Crippen molar-refractivity contribution in [1.29, 1.82) is 5.26 Å². The molecule has 0 aliphatic carbocycles. The van der Waals surface area contributed by atoms with Crippen molar-refractivity contribution in [2.24, 2.45) is 0 Å². The molecule has 5 rings (SSSR count). The van der Waals surface area contributed by atoms with Crippen molar-refractivity contribution in [2.45, 2.75) is 6.04 Å². The molecular formula is C31H33N5O2. The van der Waals surface area contributed by atoms with Crippen molar-refractivity contribution >= 4 is 17.3 Å². The number of carbonyl (C=O) groups is 1. The van der Waals surface area contributed by atoms with E-state index in [0.29, 0.717) is 26.3 Å². The number of carbonyl (C=O) groups excluding carboxylic acids is 1. The van der Waals surface area contributed by atoms with Crippen LogP contribution >= 0.6 is 0 Å². The molecule has 3 aromatic carbocycles. The molecule has 7 nitrogen and oxygen atoms in total. The van der Waals surface area contributed by atoms with E-state index in [1.165, 1.54) is 11.1 Å². The monoisotopic (exact) mass is 507 g/mol. The Morgan fingerprint density at radius 2 is 1.39 bits per heavy atom. The molecule has 7 heteroatoms. The zero-order chi connectivity index (χ0) is 26.2. The minimum absolute atomic E-state index is 0.109. The number of nitrogens with zero attached hydrogens (tertiary/aromatic N) is 4. The molecule has 0 unspecified atom stereocenters. The van der Waals surface area contributed by atoms with Gasteiger partial charge in [0.15, 0.2) is 0 Å². The minimum atomic E-state index is -0.237. The molecule has 0 bridgehead atoms. The Balaban J connectivity index is 1.26. The highest BCUT2D eigenvalue weighted by Crippen LogP contribution is 2.30. The standard InChI is InChI=1S/C31H33N5O2/c32-23-27(24-33-28-13-7-8-14-29(28)34-19-21-38-22-20-34)31(37)36-17-15-35(16-18-36)30(25-9-3-1-4-10-25)26-11-5-2-6-12-26/h1-14,24,30,33H,15-22H2/b27-24-. The van der Waals surface area contributed by atoms with E-state index in [9.17, 15) is 10.1 Å². The fraction of sp³-hybridized carbons (Fsp3) is 0.290. The lowest BCUT2D eigenvalue weighted by molar-refractivity contribution is -0.128. The number of ether oxygens (including phenoxy) is 1. The first-order valence-corrected chi connectivity index (χ1v) is 13.2. The smallest absolute Gasteiger partial charge is 0.266 e. The lowest BCUT2D eigenvalue weighted by Crippen LogP contribution is -2.50. The van der Waals surface area contributed by atoms with Crippen LogP contribution in [0.1, 0.15) is 17.2 Å². The number of morpholine rings is 1. The summed E-state index contributed by atoms with van der Waals surface area (Å²) in [7, 11) is 0. The normalized spacial score (nSPS) is 16.8. The molecule has 0 radical (unpaired) electrons. The fourth-order valence-corrected chi connectivity index (χ4v) is 5.21. The molecule has 0 saturated carbocycles. The molecule has 2 aliphatic heterocycles. The first-order valence-electron chi connectivity index (χ1n) is 13.2. The highest BCUT2D eigenvalue weighted by Gasteiger charge is 2.29. The lowest BCUT2D eigenvalue weighted by Gasteiger charge is -2.39. The molecule has 1 N–H and O–H groups in total. The summed E-state index contributed by atoms with van der Waals surface area (Å²) in [4.78, 5) is 19.8. The fourth-order valence-electron chi connectivity index (χ4n) is 5.21. The van der Waals surface area contributed by atoms with Gasteiger partial charge in [-0.25, -0.2) is 0 Å². The van der Waals surface area contributed by atoms with Gasteiger partial charge in [0.1, 0.15) is 11.6 Å². The average molecular weight is 508 g/mol. The topological polar surface area (TPSA) is 71.8 Å². The van der Waals surface area contributed by atoms with E-state index in [2.05, 4.69) is 69.7 Å². The Labute approximate surface area is 224 Å². The Bertz CT molecular complexity index is 1230. The Kier molecular flexibility index (Phi) is 8.34. The highest BCUT2D eigenvalue weighted by molar-refractivity contribution is 5.97. The predicted molar refractivity (Wildman–Crippen MR) is 150 cm³/mol. The second-order valence-corrected chi connectivity index (χ2v) is 9.48. The van der Waals surface area contributed by atoms with Crippen LogP contribution < -0.4 is 10.2 Å². The molecule has 0 spiro atoms. The summed E-state index contributed by atoms with van der Waals surface area (Å²) in [6.45, 7) is 5.59. The van der Waals surface area contributed by atoms with Gasteiger partial charge in [0.05, 0.1) is 30.6 Å². The molecule has 2 fully saturated rings. The molecule has 2 saturated heterocycles. The number of nitriles is 1. The molecule has 2 aliphatic rings. The SMILES string of the molecule is N#C/C(=C/Nc1ccccc1N1CCOCC1)C(=O)N1CCN(C(c2ccccc2)c2ccccc2)CC1. The number of amides is 1. The maximum absolute atomic E-state index is 13.3. The van der Waals surface area contributed by atoms with Gasteiger partial charge in [-0.2, -0.15) is 5.26 Å². The molecule has 2 heterocycles. The molecule has 0 aromatic heterocycles. The Morgan fingerprint density at radius 1 is 0.816 bits per heavy atom. The van der Waals surface area contributed by atoms with Gasteiger partial charge in [0, 0.05) is 45.5 Å². The number of hydrogen-bond donors (Lipinski definition) is 1. The van der Waals surface area contributed by atoms with E-state index in [0.717, 1.165) is 37.6 Å². The third kappa shape index (κ3) is 5.88. The largest absolute Gasteiger partial charge is 0.378 e. The number of piperazine rings is 1. The Morgan fingerprint density at radius 3 is 2.00 bits per heavy atom. The van der Waals surface area contributed by atoms with E-state index in [1.54, 1.807) is 11.1 Å². The molecule has 194 valence electrons. The van der Waals surface area contributed by atoms with E-state index in [-0.39, 0.29) is 17.5 Å². The maximum atomic E-state index is 13.3. The summed E-state index contributed by atoms with van der Waals surface area (Å²) in [6, 6.07) is 31.2. The van der Waals surface area contributed by atoms with Crippen LogP contribution in [0.25, 0.3) is 0 Å². The molecule has 0 atom stereocenters. The summed E-state index contributed by atoms with van der Waals surface area (Å²) >= 11 is 0. The number of benzene rings is 3. The summed E-state index contributed by atoms with van der Waals surface area (Å²) < 4.78 is 5.48. The van der Waals surface area contributed by atoms with Gasteiger partial charge >= 0.3 is 0 Å². The molecule has 3 aromatic rings. The zero-order valence-corrected chi connectivity index (χ0v) is 21.5. The second-order valence-electron chi connectivity index (χ2n) is 9.48. The minimum Gasteiger partial charge on any atom is -0.378 e. The molecule has 1 amide bonds. The summed E-state index contributed by atoms with van der Waals surface area (Å²) in [5.74, 6) is -0.237. The van der Waals surface area contributed by atoms with E-state index in [1.807, 2.05) is 36.4 Å². The summed E-state index contributed by atoms with van der Waals surface area (Å²) in [5.41, 5.74) is 4.49. The van der Waals surface area contributed by atoms with Crippen molar-refractivity contribution in [3.05, 3.63) is 108 Å². The summed E-state index contributed by atoms with van der Waals surface area (Å²) in [5, 5.41) is 13.0. The molecular weight excluding hydrogens is 474 g/mol. The van der Waals surface area contributed by atoms with E-state index in [4.69, 9.17) is 4.74 Å². The van der Waals surface area contributed by atoms with Gasteiger partial charge in [0.2, 0.25) is 0 Å². The van der Waals surface area contributed by atoms with Crippen LogP contribution in [0, 0.1) is 11.3 Å². The number of rotatable bonds is 7. The van der Waals surface area contributed by atoms with Crippen molar-refractivity contribution < 1.29 is 9.53 Å². The predicted octanol–water partition coefficient (Wildman–Crippen LogP) is 4.28. The van der Waals surface area contributed by atoms with Gasteiger partial charge in [-0.15, -0.1) is 0 Å². The Hall–Kier alpha value is -4.12. The van der Waals surface area contributed by atoms with E-state index >= 15 is 0 Å². The maximum Gasteiger partial charge on any atom is 0.266 e. The van der Waals surface area contributed by atoms with Crippen molar-refractivity contribution in [3.8, 4) is 6.07 Å². The first kappa shape index (κ1) is 25.5. The number of anilines is 2. The van der Waals surface area contributed by atoms with Crippen molar-refractivity contribution in [3.63, 3.8) is 0 Å². The van der Waals surface area contributed by atoms with Crippen LogP contribution in [0.4, 0.5) is 11.4 Å². The highest BCUT2D eigenvalue weighted by atomic mass is 16.5. The van der Waals surface area contributed by atoms with Crippen molar-refractivity contribution in [2.75, 3.05) is 62.7 Å². The van der Waals surface area contributed by atoms with E-state index < -0.39 is 0 Å². The quantitative estimate of drug-likeness (QED) is 0.380. The van der Waals surface area contributed by atoms with Crippen LogP contribution in [0.2, 0.25) is 0 Å². The first-order chi connectivity index (χ1) is 18.7. The van der Waals surface area contributed by atoms with Crippen LogP contribution in [-0.4, -0.2) is 68.2 Å². The van der Waals surface area contributed by atoms with Crippen LogP contribution in [0.3, 0.4) is 0 Å². The molecule has 38 heavy (non-hydrogen) atoms. The van der Waals surface area contributed by atoms with Gasteiger partial charge in [-0.05, 0) is 23.3 Å². The number of nitrogens with one attached hydrogen (secondary N) is 1. The number of hydrogen-bond acceptors (Lipinski definition) is 6. The second kappa shape index (κ2) is 12.4. The van der Waals surface area contributed by atoms with Gasteiger partial charge in [0.25, 0.3) is 5.91 Å². The third-order valence-electron chi connectivity index (χ3n) is 7.18. The van der Waals surface area contributed by atoms with Crippen molar-refractivity contribution in [1.82, 2.24) is 9.80 Å². The lowest BCUT2D eigenvalue weighted by atomic mass is 9.96. The van der Waals surface area contributed by atoms with Gasteiger partial charge in [-0.3, -0.25) is 9.69 Å². The van der Waals surface area contributed by atoms with Crippen LogP contribution in [0.15, 0.2) is 96.7 Å². The van der Waals surface area contributed by atoms with Crippen LogP contribution in [0.5, 0.6) is 0 Å².